The molecule has 6 rings (SSSR count). The second-order valence-corrected chi connectivity index (χ2v) is 14.0. The Kier molecular flexibility index (Phi) is 12.1. The lowest BCUT2D eigenvalue weighted by Crippen LogP contribution is -2.62. The SMILES string of the molecule is COc1cc(CN(C(=O)C2=C(c3ccc(CCCOc4c(F)ccc(F)c4F)cc3)CC3CN(C(=O)CC(O)CC(=O)O)CC2N3)C2CC2)cc(OC)c1. The molecule has 3 aromatic carbocycles. The van der Waals surface area contributed by atoms with E-state index in [2.05, 4.69) is 5.32 Å². The molecular formula is C40H44F3N3O8. The molecule has 1 aliphatic carbocycles. The fraction of sp³-hybridized carbons (Fsp3) is 0.425. The van der Waals surface area contributed by atoms with Crippen molar-refractivity contribution in [2.45, 2.75) is 75.7 Å². The topological polar surface area (TPSA) is 138 Å². The van der Waals surface area contributed by atoms with Gasteiger partial charge < -0.3 is 39.5 Å². The number of hydrogen-bond acceptors (Lipinski definition) is 8. The number of nitrogens with zero attached hydrogens (tertiary/aromatic N) is 2. The van der Waals surface area contributed by atoms with Crippen LogP contribution in [0.25, 0.3) is 5.57 Å². The normalized spacial score (nSPS) is 18.6. The summed E-state index contributed by atoms with van der Waals surface area (Å²) in [6.07, 6.45) is 0.844. The fourth-order valence-corrected chi connectivity index (χ4v) is 7.20. The predicted octanol–water partition coefficient (Wildman–Crippen LogP) is 4.88. The first-order valence-corrected chi connectivity index (χ1v) is 18.0. The number of halogens is 3. The number of piperazine rings is 1. The Morgan fingerprint density at radius 1 is 0.926 bits per heavy atom. The van der Waals surface area contributed by atoms with E-state index in [1.54, 1.807) is 25.2 Å². The molecule has 2 fully saturated rings. The average Bonchev–Trinajstić information content (AvgIpc) is 4.00. The van der Waals surface area contributed by atoms with Gasteiger partial charge in [-0.3, -0.25) is 14.4 Å². The molecule has 0 spiro atoms. The van der Waals surface area contributed by atoms with Gasteiger partial charge in [-0.25, -0.2) is 8.78 Å². The van der Waals surface area contributed by atoms with Gasteiger partial charge >= 0.3 is 5.97 Å². The molecule has 0 aromatic heterocycles. The molecule has 3 aliphatic rings. The Hall–Kier alpha value is -5.08. The van der Waals surface area contributed by atoms with Crippen LogP contribution in [0.1, 0.15) is 55.2 Å². The number of amides is 2. The minimum Gasteiger partial charge on any atom is -0.497 e. The first kappa shape index (κ1) is 38.6. The first-order chi connectivity index (χ1) is 25.9. The Labute approximate surface area is 311 Å². The molecule has 11 nitrogen and oxygen atoms in total. The highest BCUT2D eigenvalue weighted by Gasteiger charge is 2.43. The smallest absolute Gasteiger partial charge is 0.305 e. The maximum Gasteiger partial charge on any atom is 0.305 e. The lowest BCUT2D eigenvalue weighted by molar-refractivity contribution is -0.141. The van der Waals surface area contributed by atoms with Gasteiger partial charge in [0, 0.05) is 43.4 Å². The highest BCUT2D eigenvalue weighted by molar-refractivity contribution is 6.03. The second kappa shape index (κ2) is 16.9. The third-order valence-corrected chi connectivity index (χ3v) is 9.98. The van der Waals surface area contributed by atoms with Crippen LogP contribution >= 0.6 is 0 Å². The van der Waals surface area contributed by atoms with Gasteiger partial charge in [0.1, 0.15) is 11.5 Å². The number of hydrogen-bond donors (Lipinski definition) is 3. The van der Waals surface area contributed by atoms with Crippen LogP contribution in [-0.4, -0.2) is 95.9 Å². The summed E-state index contributed by atoms with van der Waals surface area (Å²) in [6, 6.07) is 14.0. The fourth-order valence-electron chi connectivity index (χ4n) is 7.20. The summed E-state index contributed by atoms with van der Waals surface area (Å²) >= 11 is 0. The molecule has 3 atom stereocenters. The number of carboxylic acids is 1. The van der Waals surface area contributed by atoms with Crippen LogP contribution in [0.5, 0.6) is 17.2 Å². The van der Waals surface area contributed by atoms with Gasteiger partial charge in [-0.05, 0) is 78.6 Å². The van der Waals surface area contributed by atoms with Gasteiger partial charge in [-0.2, -0.15) is 4.39 Å². The minimum atomic E-state index is -1.36. The zero-order valence-electron chi connectivity index (χ0n) is 30.2. The van der Waals surface area contributed by atoms with Gasteiger partial charge in [0.2, 0.25) is 11.7 Å². The summed E-state index contributed by atoms with van der Waals surface area (Å²) in [6.45, 7) is 0.755. The van der Waals surface area contributed by atoms with Gasteiger partial charge in [0.25, 0.3) is 5.91 Å². The molecule has 3 N–H and O–H groups in total. The van der Waals surface area contributed by atoms with E-state index in [1.807, 2.05) is 41.3 Å². The summed E-state index contributed by atoms with van der Waals surface area (Å²) in [7, 11) is 3.13. The van der Waals surface area contributed by atoms with E-state index in [0.29, 0.717) is 55.5 Å². The lowest BCUT2D eigenvalue weighted by atomic mass is 9.82. The molecule has 0 radical (unpaired) electrons. The van der Waals surface area contributed by atoms with Crippen LogP contribution in [-0.2, 0) is 27.3 Å². The highest BCUT2D eigenvalue weighted by atomic mass is 19.2. The van der Waals surface area contributed by atoms with Crippen LogP contribution in [0.3, 0.4) is 0 Å². The van der Waals surface area contributed by atoms with Crippen molar-refractivity contribution in [3.63, 3.8) is 0 Å². The first-order valence-electron chi connectivity index (χ1n) is 18.0. The van der Waals surface area contributed by atoms with Gasteiger partial charge in [-0.1, -0.05) is 24.3 Å². The monoisotopic (exact) mass is 751 g/mol. The van der Waals surface area contributed by atoms with Crippen molar-refractivity contribution in [2.24, 2.45) is 0 Å². The number of aryl methyl sites for hydroxylation is 1. The number of aliphatic carboxylic acids is 1. The molecule has 2 heterocycles. The van der Waals surface area contributed by atoms with Gasteiger partial charge in [-0.15, -0.1) is 0 Å². The van der Waals surface area contributed by atoms with Gasteiger partial charge in [0.05, 0.1) is 45.8 Å². The summed E-state index contributed by atoms with van der Waals surface area (Å²) < 4.78 is 57.7. The van der Waals surface area contributed by atoms with Crippen molar-refractivity contribution >= 4 is 23.4 Å². The number of aliphatic hydroxyl groups is 1. The van der Waals surface area contributed by atoms with Crippen molar-refractivity contribution in [3.05, 3.63) is 94.3 Å². The number of aliphatic hydroxyl groups excluding tert-OH is 1. The van der Waals surface area contributed by atoms with Crippen molar-refractivity contribution in [1.82, 2.24) is 15.1 Å². The molecule has 1 saturated heterocycles. The van der Waals surface area contributed by atoms with E-state index in [1.165, 1.54) is 0 Å². The van der Waals surface area contributed by atoms with Crippen LogP contribution in [0, 0.1) is 17.5 Å². The largest absolute Gasteiger partial charge is 0.497 e. The van der Waals surface area contributed by atoms with Crippen LogP contribution in [0.4, 0.5) is 13.2 Å². The molecule has 2 bridgehead atoms. The third kappa shape index (κ3) is 9.16. The standard InChI is InChI=1S/C40H44F3N3O8/c1-52-29-14-24(15-30(19-29)53-2)20-46(27-9-10-27)40(51)37-31(16-26-21-45(22-34(37)44-26)35(48)17-28(47)18-36(49)50)25-7-5-23(6-8-25)4-3-13-54-39-33(42)12-11-32(41)38(39)43/h5-8,11-12,14-15,19,26-28,34,44,47H,3-4,9-10,13,16-18,20-22H2,1-2H3,(H,49,50). The maximum absolute atomic E-state index is 14.8. The molecule has 3 aromatic rings. The van der Waals surface area contributed by atoms with Crippen molar-refractivity contribution in [1.29, 1.82) is 0 Å². The van der Waals surface area contributed by atoms with Crippen LogP contribution < -0.4 is 19.5 Å². The Morgan fingerprint density at radius 2 is 1.61 bits per heavy atom. The van der Waals surface area contributed by atoms with Gasteiger partial charge in [0.15, 0.2) is 17.4 Å². The molecule has 54 heavy (non-hydrogen) atoms. The Bertz CT molecular complexity index is 1880. The molecule has 2 amide bonds. The minimum absolute atomic E-state index is 0.0209. The number of carbonyl (C=O) groups excluding carboxylic acids is 2. The van der Waals surface area contributed by atoms with E-state index < -0.39 is 47.7 Å². The highest BCUT2D eigenvalue weighted by Crippen LogP contribution is 2.38. The molecule has 1 saturated carbocycles. The molecular weight excluding hydrogens is 707 g/mol. The summed E-state index contributed by atoms with van der Waals surface area (Å²) in [5.41, 5.74) is 3.99. The van der Waals surface area contributed by atoms with E-state index >= 15 is 0 Å². The summed E-state index contributed by atoms with van der Waals surface area (Å²) in [5, 5.41) is 22.8. The van der Waals surface area contributed by atoms with Crippen molar-refractivity contribution in [3.8, 4) is 17.2 Å². The number of fused-ring (bicyclic) bond motifs is 2. The van der Waals surface area contributed by atoms with Crippen molar-refractivity contribution in [2.75, 3.05) is 33.9 Å². The van der Waals surface area contributed by atoms with Crippen molar-refractivity contribution < 1.29 is 52.0 Å². The molecule has 288 valence electrons. The molecule has 14 heteroatoms. The number of methoxy groups -OCH3 is 2. The average molecular weight is 752 g/mol. The Morgan fingerprint density at radius 3 is 2.26 bits per heavy atom. The summed E-state index contributed by atoms with van der Waals surface area (Å²) in [5.74, 6) is -4.82. The predicted molar refractivity (Wildman–Crippen MR) is 191 cm³/mol. The zero-order chi connectivity index (χ0) is 38.5. The van der Waals surface area contributed by atoms with E-state index in [4.69, 9.17) is 19.3 Å². The molecule has 3 unspecified atom stereocenters. The Balaban J connectivity index is 1.25. The maximum atomic E-state index is 14.8. The molecule has 2 aliphatic heterocycles. The zero-order valence-corrected chi connectivity index (χ0v) is 30.2. The number of carboxylic acid groups (broad SMARTS) is 1. The van der Waals surface area contributed by atoms with E-state index in [9.17, 15) is 32.7 Å². The van der Waals surface area contributed by atoms with Crippen LogP contribution in [0.15, 0.2) is 60.2 Å². The van der Waals surface area contributed by atoms with Crippen LogP contribution in [0.2, 0.25) is 0 Å². The summed E-state index contributed by atoms with van der Waals surface area (Å²) in [4.78, 5) is 42.7. The quantitative estimate of drug-likeness (QED) is 0.138. The van der Waals surface area contributed by atoms with E-state index in [0.717, 1.165) is 41.2 Å². The van der Waals surface area contributed by atoms with E-state index in [-0.39, 0.29) is 43.5 Å². The second-order valence-electron chi connectivity index (χ2n) is 14.0. The number of benzene rings is 3. The lowest BCUT2D eigenvalue weighted by Gasteiger charge is -2.45. The number of rotatable bonds is 16. The third-order valence-electron chi connectivity index (χ3n) is 9.98. The number of carbonyl (C=O) groups is 3. The number of ether oxygens (including phenoxy) is 3. The number of nitrogens with one attached hydrogen (secondary N) is 1.